The van der Waals surface area contributed by atoms with Crippen LogP contribution >= 0.6 is 0 Å². The fraction of sp³-hybridized carbons (Fsp3) is 0.286. The molecule has 5 nitrogen and oxygen atoms in total. The van der Waals surface area contributed by atoms with Crippen LogP contribution in [0.15, 0.2) is 42.1 Å². The number of aliphatic imine (C=N–C) groups is 1. The quantitative estimate of drug-likeness (QED) is 0.586. The van der Waals surface area contributed by atoms with E-state index in [1.54, 1.807) is 13.0 Å². The second-order valence-corrected chi connectivity index (χ2v) is 6.34. The van der Waals surface area contributed by atoms with E-state index >= 15 is 0 Å². The number of benzene rings is 1. The SMILES string of the molecule is C=N/C=C(\C)c1cc2nc(C(=C)/C=C\C)nc(N3CCOCC3)c2cc1F. The molecule has 3 rings (SSSR count). The normalized spacial score (nSPS) is 15.5. The Hall–Kier alpha value is -2.86. The lowest BCUT2D eigenvalue weighted by atomic mass is 10.0. The van der Waals surface area contributed by atoms with Gasteiger partial charge in [-0.15, -0.1) is 0 Å². The lowest BCUT2D eigenvalue weighted by Gasteiger charge is -2.29. The van der Waals surface area contributed by atoms with E-state index in [4.69, 9.17) is 9.72 Å². The second-order valence-electron chi connectivity index (χ2n) is 6.34. The summed E-state index contributed by atoms with van der Waals surface area (Å²) in [5.41, 5.74) is 2.51. The summed E-state index contributed by atoms with van der Waals surface area (Å²) in [5.74, 6) is 0.902. The maximum Gasteiger partial charge on any atom is 0.161 e. The van der Waals surface area contributed by atoms with Gasteiger partial charge in [-0.2, -0.15) is 0 Å². The van der Waals surface area contributed by atoms with Gasteiger partial charge >= 0.3 is 0 Å². The van der Waals surface area contributed by atoms with E-state index in [0.717, 1.165) is 0 Å². The number of rotatable bonds is 5. The number of aromatic nitrogens is 2. The monoisotopic (exact) mass is 366 g/mol. The first kappa shape index (κ1) is 18.9. The minimum atomic E-state index is -0.335. The highest BCUT2D eigenvalue weighted by Gasteiger charge is 2.20. The second kappa shape index (κ2) is 8.22. The Balaban J connectivity index is 2.24. The number of fused-ring (bicyclic) bond motifs is 1. The van der Waals surface area contributed by atoms with Crippen LogP contribution in [-0.4, -0.2) is 43.0 Å². The standard InChI is InChI=1S/C21H23FN4O/c1-5-6-14(2)20-24-19-12-16(15(3)13-23-4)18(22)11-17(19)21(25-20)26-7-9-27-10-8-26/h5-6,11-13H,2,4,7-10H2,1,3H3/b6-5-,15-13+. The van der Waals surface area contributed by atoms with Crippen LogP contribution in [0.25, 0.3) is 22.0 Å². The first-order chi connectivity index (χ1) is 13.0. The van der Waals surface area contributed by atoms with E-state index in [0.29, 0.717) is 65.6 Å². The van der Waals surface area contributed by atoms with Gasteiger partial charge in [-0.3, -0.25) is 4.99 Å². The number of anilines is 1. The molecule has 0 amide bonds. The van der Waals surface area contributed by atoms with Crippen molar-refractivity contribution >= 4 is 34.6 Å². The lowest BCUT2D eigenvalue weighted by Crippen LogP contribution is -2.37. The van der Waals surface area contributed by atoms with Gasteiger partial charge in [0, 0.05) is 35.8 Å². The zero-order chi connectivity index (χ0) is 19.4. The van der Waals surface area contributed by atoms with Gasteiger partial charge in [0.1, 0.15) is 11.6 Å². The molecule has 1 aromatic heterocycles. The van der Waals surface area contributed by atoms with Crippen molar-refractivity contribution in [1.82, 2.24) is 9.97 Å². The molecule has 0 spiro atoms. The third kappa shape index (κ3) is 3.95. The molecule has 0 atom stereocenters. The zero-order valence-electron chi connectivity index (χ0n) is 15.7. The van der Waals surface area contributed by atoms with E-state index in [9.17, 15) is 4.39 Å². The number of allylic oxidation sites excluding steroid dienone is 4. The summed E-state index contributed by atoms with van der Waals surface area (Å²) in [7, 11) is 0. The number of hydrogen-bond donors (Lipinski definition) is 0. The fourth-order valence-corrected chi connectivity index (χ4v) is 3.08. The van der Waals surface area contributed by atoms with Gasteiger partial charge in [0.25, 0.3) is 0 Å². The maximum atomic E-state index is 14.8. The van der Waals surface area contributed by atoms with E-state index in [2.05, 4.69) is 28.2 Å². The van der Waals surface area contributed by atoms with Gasteiger partial charge in [0.2, 0.25) is 0 Å². The van der Waals surface area contributed by atoms with Gasteiger partial charge < -0.3 is 9.64 Å². The highest BCUT2D eigenvalue weighted by atomic mass is 19.1. The summed E-state index contributed by atoms with van der Waals surface area (Å²) in [4.78, 5) is 15.2. The maximum absolute atomic E-state index is 14.8. The topological polar surface area (TPSA) is 50.6 Å². The van der Waals surface area contributed by atoms with Crippen molar-refractivity contribution in [2.45, 2.75) is 13.8 Å². The van der Waals surface area contributed by atoms with Crippen LogP contribution in [0, 0.1) is 5.82 Å². The van der Waals surface area contributed by atoms with Crippen molar-refractivity contribution in [1.29, 1.82) is 0 Å². The Labute approximate surface area is 158 Å². The fourth-order valence-electron chi connectivity index (χ4n) is 3.08. The summed E-state index contributed by atoms with van der Waals surface area (Å²) in [6.45, 7) is 13.8. The molecule has 0 bridgehead atoms. The molecule has 0 saturated carbocycles. The van der Waals surface area contributed by atoms with Crippen molar-refractivity contribution in [3.05, 3.63) is 54.3 Å². The minimum absolute atomic E-state index is 0.335. The van der Waals surface area contributed by atoms with Crippen molar-refractivity contribution < 1.29 is 9.13 Å². The van der Waals surface area contributed by atoms with Gasteiger partial charge in [0.05, 0.1) is 18.7 Å². The molecule has 0 unspecified atom stereocenters. The highest BCUT2D eigenvalue weighted by molar-refractivity contribution is 5.93. The van der Waals surface area contributed by atoms with Crippen LogP contribution in [0.3, 0.4) is 0 Å². The number of nitrogens with zero attached hydrogens (tertiary/aromatic N) is 4. The molecule has 1 aliphatic rings. The molecule has 6 heteroatoms. The largest absolute Gasteiger partial charge is 0.378 e. The molecule has 1 saturated heterocycles. The third-order valence-electron chi connectivity index (χ3n) is 4.44. The van der Waals surface area contributed by atoms with Gasteiger partial charge in [0.15, 0.2) is 5.82 Å². The number of hydrogen-bond acceptors (Lipinski definition) is 5. The molecule has 1 fully saturated rings. The average molecular weight is 366 g/mol. The summed E-state index contributed by atoms with van der Waals surface area (Å²) >= 11 is 0. The molecule has 1 aromatic carbocycles. The summed E-state index contributed by atoms with van der Waals surface area (Å²) in [6.07, 6.45) is 5.29. The first-order valence-corrected chi connectivity index (χ1v) is 8.84. The summed E-state index contributed by atoms with van der Waals surface area (Å²) in [6, 6.07) is 3.23. The Morgan fingerprint density at radius 2 is 2.04 bits per heavy atom. The Kier molecular flexibility index (Phi) is 5.76. The van der Waals surface area contributed by atoms with Gasteiger partial charge in [-0.05, 0) is 38.3 Å². The molecular weight excluding hydrogens is 343 g/mol. The molecule has 0 aliphatic carbocycles. The Bertz CT molecular complexity index is 943. The predicted octanol–water partition coefficient (Wildman–Crippen LogP) is 4.26. The molecule has 140 valence electrons. The van der Waals surface area contributed by atoms with E-state index < -0.39 is 0 Å². The Morgan fingerprint density at radius 3 is 2.70 bits per heavy atom. The van der Waals surface area contributed by atoms with E-state index in [1.807, 2.05) is 19.1 Å². The number of halogens is 1. The van der Waals surface area contributed by atoms with E-state index in [1.165, 1.54) is 12.3 Å². The first-order valence-electron chi connectivity index (χ1n) is 8.84. The van der Waals surface area contributed by atoms with Crippen LogP contribution in [-0.2, 0) is 4.74 Å². The molecule has 0 N–H and O–H groups in total. The van der Waals surface area contributed by atoms with Crippen molar-refractivity contribution in [3.63, 3.8) is 0 Å². The van der Waals surface area contributed by atoms with Gasteiger partial charge in [-0.25, -0.2) is 14.4 Å². The zero-order valence-corrected chi connectivity index (χ0v) is 15.7. The minimum Gasteiger partial charge on any atom is -0.378 e. The summed E-state index contributed by atoms with van der Waals surface area (Å²) < 4.78 is 20.2. The van der Waals surface area contributed by atoms with Gasteiger partial charge in [-0.1, -0.05) is 18.7 Å². The molecule has 1 aliphatic heterocycles. The summed E-state index contributed by atoms with van der Waals surface area (Å²) in [5, 5.41) is 0.676. The Morgan fingerprint density at radius 1 is 1.30 bits per heavy atom. The number of morpholine rings is 1. The van der Waals surface area contributed by atoms with Crippen molar-refractivity contribution in [2.24, 2.45) is 4.99 Å². The molecule has 2 heterocycles. The average Bonchev–Trinajstić information content (AvgIpc) is 2.67. The smallest absolute Gasteiger partial charge is 0.161 e. The molecule has 2 aromatic rings. The van der Waals surface area contributed by atoms with Crippen molar-refractivity contribution in [2.75, 3.05) is 31.2 Å². The van der Waals surface area contributed by atoms with Crippen molar-refractivity contribution in [3.8, 4) is 0 Å². The van der Waals surface area contributed by atoms with Crippen LogP contribution in [0.4, 0.5) is 10.2 Å². The van der Waals surface area contributed by atoms with Crippen LogP contribution in [0.1, 0.15) is 25.2 Å². The lowest BCUT2D eigenvalue weighted by molar-refractivity contribution is 0.122. The van der Waals surface area contributed by atoms with Crippen LogP contribution in [0.2, 0.25) is 0 Å². The molecule has 27 heavy (non-hydrogen) atoms. The molecular formula is C21H23FN4O. The third-order valence-corrected chi connectivity index (χ3v) is 4.44. The van der Waals surface area contributed by atoms with Crippen LogP contribution < -0.4 is 4.90 Å². The number of ether oxygens (including phenoxy) is 1. The highest BCUT2D eigenvalue weighted by Crippen LogP contribution is 2.31. The molecule has 0 radical (unpaired) electrons. The van der Waals surface area contributed by atoms with E-state index in [-0.39, 0.29) is 5.82 Å². The predicted molar refractivity (Wildman–Crippen MR) is 110 cm³/mol. The van der Waals surface area contributed by atoms with Crippen LogP contribution in [0.5, 0.6) is 0 Å².